The van der Waals surface area contributed by atoms with Gasteiger partial charge in [-0.3, -0.25) is 4.79 Å². The van der Waals surface area contributed by atoms with E-state index in [-0.39, 0.29) is 24.3 Å². The van der Waals surface area contributed by atoms with Crippen LogP contribution in [0.1, 0.15) is 43.5 Å². The molecule has 1 aromatic rings. The van der Waals surface area contributed by atoms with Gasteiger partial charge in [-0.1, -0.05) is 24.8 Å². The van der Waals surface area contributed by atoms with Crippen LogP contribution in [0.5, 0.6) is 0 Å². The summed E-state index contributed by atoms with van der Waals surface area (Å²) >= 11 is 3.09. The van der Waals surface area contributed by atoms with Crippen LogP contribution in [0.3, 0.4) is 0 Å². The van der Waals surface area contributed by atoms with Crippen molar-refractivity contribution >= 4 is 40.1 Å². The minimum absolute atomic E-state index is 0.0143. The van der Waals surface area contributed by atoms with Gasteiger partial charge in [-0.25, -0.2) is 9.79 Å². The van der Waals surface area contributed by atoms with Gasteiger partial charge in [0.1, 0.15) is 6.04 Å². The van der Waals surface area contributed by atoms with Gasteiger partial charge in [-0.2, -0.15) is 0 Å². The third-order valence-corrected chi connectivity index (χ3v) is 6.54. The van der Waals surface area contributed by atoms with E-state index < -0.39 is 0 Å². The van der Waals surface area contributed by atoms with Crippen LogP contribution in [0.2, 0.25) is 0 Å². The number of nitrogens with one attached hydrogen (secondary N) is 1. The van der Waals surface area contributed by atoms with Crippen LogP contribution < -0.4 is 5.32 Å². The summed E-state index contributed by atoms with van der Waals surface area (Å²) in [6.07, 6.45) is 3.04. The van der Waals surface area contributed by atoms with E-state index in [2.05, 4.69) is 5.32 Å². The van der Waals surface area contributed by atoms with E-state index in [1.807, 2.05) is 34.7 Å². The molecule has 0 radical (unpaired) electrons. The predicted molar refractivity (Wildman–Crippen MR) is 107 cm³/mol. The van der Waals surface area contributed by atoms with E-state index in [0.29, 0.717) is 18.0 Å². The quantitative estimate of drug-likeness (QED) is 0.736. The number of carbonyl (C=O) groups excluding carboxylic acids is 2. The number of allylic oxidation sites excluding steroid dienone is 1. The number of carbonyl (C=O) groups is 2. The van der Waals surface area contributed by atoms with Gasteiger partial charge >= 0.3 is 5.97 Å². The van der Waals surface area contributed by atoms with Gasteiger partial charge < -0.3 is 15.0 Å². The standard InChI is InChI=1S/C19H21N3O3S2/c1-3-13-16(18(24)25-2)17(14-5-4-8-26-14)22-12(10-27-19(22)21-13)9-15(23)20-11-6-7-11/h4-5,8,10-11,17H,3,6-7,9H2,1-2H3,(H,20,23). The first kappa shape index (κ1) is 18.3. The van der Waals surface area contributed by atoms with Crippen LogP contribution in [0, 0.1) is 0 Å². The van der Waals surface area contributed by atoms with E-state index in [9.17, 15) is 9.59 Å². The van der Waals surface area contributed by atoms with Crippen molar-refractivity contribution in [2.75, 3.05) is 7.11 Å². The zero-order chi connectivity index (χ0) is 19.0. The van der Waals surface area contributed by atoms with Crippen LogP contribution in [0.4, 0.5) is 0 Å². The Morgan fingerprint density at radius 2 is 2.22 bits per heavy atom. The molecule has 0 spiro atoms. The first-order chi connectivity index (χ1) is 13.1. The summed E-state index contributed by atoms with van der Waals surface area (Å²) < 4.78 is 5.08. The second-order valence-electron chi connectivity index (χ2n) is 6.63. The highest BCUT2D eigenvalue weighted by molar-refractivity contribution is 8.16. The van der Waals surface area contributed by atoms with Crippen molar-refractivity contribution in [1.82, 2.24) is 10.2 Å². The highest BCUT2D eigenvalue weighted by Crippen LogP contribution is 2.46. The fraction of sp³-hybridized carbons (Fsp3) is 0.421. The Balaban J connectivity index is 1.70. The lowest BCUT2D eigenvalue weighted by Crippen LogP contribution is -2.38. The lowest BCUT2D eigenvalue weighted by Gasteiger charge is -2.35. The molecule has 0 bridgehead atoms. The summed E-state index contributed by atoms with van der Waals surface area (Å²) in [5.41, 5.74) is 2.17. The maximum Gasteiger partial charge on any atom is 0.338 e. The SMILES string of the molecule is CCC1=C(C(=O)OC)C(c2cccs2)N2C(CC(=O)NC3CC3)=CSC2=N1. The van der Waals surface area contributed by atoms with Crippen molar-refractivity contribution in [3.05, 3.63) is 44.8 Å². The Labute approximate surface area is 166 Å². The van der Waals surface area contributed by atoms with Crippen molar-refractivity contribution < 1.29 is 14.3 Å². The third-order valence-electron chi connectivity index (χ3n) is 4.73. The molecule has 142 valence electrons. The molecule has 1 amide bonds. The molecule has 3 aliphatic rings. The number of hydrogen-bond acceptors (Lipinski definition) is 7. The molecule has 0 aromatic carbocycles. The Morgan fingerprint density at radius 1 is 1.41 bits per heavy atom. The molecule has 1 fully saturated rings. The fourth-order valence-electron chi connectivity index (χ4n) is 3.30. The predicted octanol–water partition coefficient (Wildman–Crippen LogP) is 3.55. The van der Waals surface area contributed by atoms with Crippen LogP contribution in [-0.4, -0.2) is 35.1 Å². The Kier molecular flexibility index (Phi) is 5.10. The van der Waals surface area contributed by atoms with E-state index in [1.165, 1.54) is 18.9 Å². The molecule has 27 heavy (non-hydrogen) atoms. The molecule has 1 saturated carbocycles. The number of aliphatic imine (C=N–C) groups is 1. The summed E-state index contributed by atoms with van der Waals surface area (Å²) in [5, 5.41) is 7.81. The molecule has 1 atom stereocenters. The number of rotatable bonds is 6. The molecular formula is C19H21N3O3S2. The van der Waals surface area contributed by atoms with Crippen LogP contribution in [-0.2, 0) is 14.3 Å². The summed E-state index contributed by atoms with van der Waals surface area (Å²) in [6.45, 7) is 1.99. The molecule has 2 aliphatic heterocycles. The van der Waals surface area contributed by atoms with Gasteiger partial charge in [0.05, 0.1) is 24.8 Å². The lowest BCUT2D eigenvalue weighted by molar-refractivity contribution is -0.136. The monoisotopic (exact) mass is 403 g/mol. The average molecular weight is 404 g/mol. The Morgan fingerprint density at radius 3 is 2.85 bits per heavy atom. The second-order valence-corrected chi connectivity index (χ2v) is 8.45. The molecule has 1 unspecified atom stereocenters. The number of thioether (sulfide) groups is 1. The smallest absolute Gasteiger partial charge is 0.338 e. The van der Waals surface area contributed by atoms with Crippen LogP contribution in [0.25, 0.3) is 0 Å². The van der Waals surface area contributed by atoms with Crippen molar-refractivity contribution in [2.45, 2.75) is 44.7 Å². The minimum Gasteiger partial charge on any atom is -0.466 e. The summed E-state index contributed by atoms with van der Waals surface area (Å²) in [5.74, 6) is -0.354. The van der Waals surface area contributed by atoms with Gasteiger partial charge in [0.2, 0.25) is 5.91 Å². The van der Waals surface area contributed by atoms with E-state index >= 15 is 0 Å². The fourth-order valence-corrected chi connectivity index (χ4v) is 5.06. The van der Waals surface area contributed by atoms with E-state index in [0.717, 1.165) is 34.3 Å². The second kappa shape index (κ2) is 7.52. The first-order valence-corrected chi connectivity index (χ1v) is 10.8. The van der Waals surface area contributed by atoms with Gasteiger partial charge in [0, 0.05) is 16.6 Å². The number of hydrogen-bond donors (Lipinski definition) is 1. The molecular weight excluding hydrogens is 382 g/mol. The van der Waals surface area contributed by atoms with Crippen molar-refractivity contribution in [1.29, 1.82) is 0 Å². The van der Waals surface area contributed by atoms with E-state index in [1.54, 1.807) is 11.3 Å². The zero-order valence-electron chi connectivity index (χ0n) is 15.2. The van der Waals surface area contributed by atoms with Gasteiger partial charge in [0.15, 0.2) is 5.17 Å². The van der Waals surface area contributed by atoms with Crippen LogP contribution >= 0.6 is 23.1 Å². The van der Waals surface area contributed by atoms with E-state index in [4.69, 9.17) is 9.73 Å². The van der Waals surface area contributed by atoms with Crippen LogP contribution in [0.15, 0.2) is 44.9 Å². The number of esters is 1. The van der Waals surface area contributed by atoms with Crippen molar-refractivity contribution in [3.63, 3.8) is 0 Å². The first-order valence-electron chi connectivity index (χ1n) is 9.00. The maximum atomic E-state index is 12.6. The molecule has 3 heterocycles. The molecule has 4 rings (SSSR count). The summed E-state index contributed by atoms with van der Waals surface area (Å²) in [7, 11) is 1.39. The molecule has 6 nitrogen and oxygen atoms in total. The number of amides is 1. The number of nitrogens with zero attached hydrogens (tertiary/aromatic N) is 2. The number of fused-ring (bicyclic) bond motifs is 1. The molecule has 0 saturated heterocycles. The normalized spacial score (nSPS) is 21.6. The molecule has 1 N–H and O–H groups in total. The maximum absolute atomic E-state index is 12.6. The largest absolute Gasteiger partial charge is 0.466 e. The number of methoxy groups -OCH3 is 1. The van der Waals surface area contributed by atoms with Crippen molar-refractivity contribution in [2.24, 2.45) is 4.99 Å². The average Bonchev–Trinajstić information content (AvgIpc) is 3.16. The molecule has 1 aliphatic carbocycles. The van der Waals surface area contributed by atoms with Crippen molar-refractivity contribution in [3.8, 4) is 0 Å². The highest BCUT2D eigenvalue weighted by Gasteiger charge is 2.42. The molecule has 8 heteroatoms. The number of ether oxygens (including phenoxy) is 1. The highest BCUT2D eigenvalue weighted by atomic mass is 32.2. The zero-order valence-corrected chi connectivity index (χ0v) is 16.9. The van der Waals surface area contributed by atoms with Gasteiger partial charge in [0.25, 0.3) is 0 Å². The minimum atomic E-state index is -0.369. The molecule has 1 aromatic heterocycles. The Bertz CT molecular complexity index is 854. The topological polar surface area (TPSA) is 71.0 Å². The van der Waals surface area contributed by atoms with Gasteiger partial charge in [-0.15, -0.1) is 11.3 Å². The number of thiophene rings is 1. The summed E-state index contributed by atoms with van der Waals surface area (Å²) in [6, 6.07) is 4.00. The van der Waals surface area contributed by atoms with Gasteiger partial charge in [-0.05, 0) is 36.1 Å². The summed E-state index contributed by atoms with van der Waals surface area (Å²) in [4.78, 5) is 32.8. The lowest BCUT2D eigenvalue weighted by atomic mass is 9.98. The number of amidine groups is 1. The third kappa shape index (κ3) is 3.55. The Hall–Kier alpha value is -2.06.